The maximum Gasteiger partial charge on any atom is 0.258 e. The fraction of sp³-hybridized carbons (Fsp3) is 0.656. The van der Waals surface area contributed by atoms with Gasteiger partial charge < -0.3 is 28.9 Å². The van der Waals surface area contributed by atoms with Crippen molar-refractivity contribution in [3.8, 4) is 11.5 Å². The molecule has 1 aromatic heterocycles. The second kappa shape index (κ2) is 13.7. The van der Waals surface area contributed by atoms with Crippen molar-refractivity contribution < 1.29 is 31.8 Å². The number of carbonyl (C=O) groups excluding carboxylic acids is 1. The second-order valence-corrected chi connectivity index (χ2v) is 15.4. The summed E-state index contributed by atoms with van der Waals surface area (Å²) in [4.78, 5) is 28.7. The molecule has 0 aliphatic carbocycles. The number of nitrogens with zero attached hydrogens (tertiary/aromatic N) is 5. The number of likely N-dealkylation sites (tertiary alicyclic amines) is 1. The number of carbonyl (C=O) groups is 1. The summed E-state index contributed by atoms with van der Waals surface area (Å²) in [7, 11) is -3.22. The van der Waals surface area contributed by atoms with Gasteiger partial charge in [-0.1, -0.05) is 0 Å². The number of aromatic nitrogens is 2. The predicted molar refractivity (Wildman–Crippen MR) is 170 cm³/mol. The van der Waals surface area contributed by atoms with E-state index in [-0.39, 0.29) is 52.6 Å². The zero-order valence-corrected chi connectivity index (χ0v) is 27.7. The van der Waals surface area contributed by atoms with Gasteiger partial charge in [-0.25, -0.2) is 27.5 Å². The standard InChI is InChI=1S/C32H45FN6O6S/c1-4-46(41,42)36-25-6-7-26(44-18-25)15-37-11-9-32(10-12-37)19-38(20-32)30-29(14-34-21-35-30)45-28-8-5-24(33)13-27(28)31(40)39-22(2)16-43-17-23(39)3/h5,8,13-14,21-23,25-26,36H,4,6-7,9-12,15-20H2,1-3H3/t22-,23+,25-,26+/m1/s1. The number of rotatable bonds is 9. The Balaban J connectivity index is 1.04. The average molecular weight is 661 g/mol. The molecule has 1 amide bonds. The van der Waals surface area contributed by atoms with Gasteiger partial charge in [0.25, 0.3) is 5.91 Å². The maximum atomic E-state index is 14.4. The molecule has 6 rings (SSSR count). The van der Waals surface area contributed by atoms with Crippen molar-refractivity contribution in [1.29, 1.82) is 0 Å². The number of anilines is 1. The van der Waals surface area contributed by atoms with Gasteiger partial charge in [-0.3, -0.25) is 4.79 Å². The van der Waals surface area contributed by atoms with Gasteiger partial charge in [0, 0.05) is 31.1 Å². The fourth-order valence-electron chi connectivity index (χ4n) is 7.15. The van der Waals surface area contributed by atoms with Crippen molar-refractivity contribution in [3.63, 3.8) is 0 Å². The maximum absolute atomic E-state index is 14.4. The molecule has 252 valence electrons. The predicted octanol–water partition coefficient (Wildman–Crippen LogP) is 3.05. The van der Waals surface area contributed by atoms with Gasteiger partial charge in [-0.2, -0.15) is 0 Å². The van der Waals surface area contributed by atoms with Crippen LogP contribution in [0.15, 0.2) is 30.7 Å². The molecule has 4 aliphatic rings. The number of hydrogen-bond acceptors (Lipinski definition) is 10. The molecule has 4 fully saturated rings. The van der Waals surface area contributed by atoms with E-state index in [4.69, 9.17) is 14.2 Å². The van der Waals surface area contributed by atoms with Crippen LogP contribution in [-0.2, 0) is 19.5 Å². The molecule has 2 aromatic rings. The number of nitrogens with one attached hydrogen (secondary N) is 1. The summed E-state index contributed by atoms with van der Waals surface area (Å²) in [6.45, 7) is 11.2. The van der Waals surface area contributed by atoms with Crippen molar-refractivity contribution in [1.82, 2.24) is 24.5 Å². The smallest absolute Gasteiger partial charge is 0.258 e. The minimum Gasteiger partial charge on any atom is -0.451 e. The molecule has 0 saturated carbocycles. The summed E-state index contributed by atoms with van der Waals surface area (Å²) in [6.07, 6.45) is 6.95. The molecule has 1 spiro atoms. The van der Waals surface area contributed by atoms with E-state index in [0.29, 0.717) is 31.4 Å². The molecular weight excluding hydrogens is 615 g/mol. The van der Waals surface area contributed by atoms with E-state index in [9.17, 15) is 17.6 Å². The van der Waals surface area contributed by atoms with E-state index in [1.807, 2.05) is 13.8 Å². The summed E-state index contributed by atoms with van der Waals surface area (Å²) >= 11 is 0. The molecule has 12 nitrogen and oxygen atoms in total. The minimum atomic E-state index is -3.22. The van der Waals surface area contributed by atoms with Crippen LogP contribution in [-0.4, -0.2) is 117 Å². The van der Waals surface area contributed by atoms with E-state index in [2.05, 4.69) is 24.5 Å². The van der Waals surface area contributed by atoms with Crippen LogP contribution in [0, 0.1) is 11.2 Å². The number of ether oxygens (including phenoxy) is 3. The van der Waals surface area contributed by atoms with Gasteiger partial charge in [0.2, 0.25) is 10.0 Å². The van der Waals surface area contributed by atoms with Crippen LogP contribution in [0.25, 0.3) is 0 Å². The summed E-state index contributed by atoms with van der Waals surface area (Å²) in [5.41, 5.74) is 0.345. The minimum absolute atomic E-state index is 0.0791. The second-order valence-electron chi connectivity index (χ2n) is 13.3. The van der Waals surface area contributed by atoms with Crippen molar-refractivity contribution in [2.45, 2.75) is 70.7 Å². The highest BCUT2D eigenvalue weighted by Crippen LogP contribution is 2.45. The molecule has 0 radical (unpaired) electrons. The van der Waals surface area contributed by atoms with E-state index in [0.717, 1.165) is 58.4 Å². The lowest BCUT2D eigenvalue weighted by Crippen LogP contribution is -2.61. The molecule has 4 saturated heterocycles. The van der Waals surface area contributed by atoms with Gasteiger partial charge in [0.15, 0.2) is 11.6 Å². The molecular formula is C32H45FN6O6S. The van der Waals surface area contributed by atoms with Crippen molar-refractivity contribution in [2.75, 3.05) is 63.2 Å². The van der Waals surface area contributed by atoms with E-state index in [1.54, 1.807) is 18.0 Å². The Morgan fingerprint density at radius 2 is 1.85 bits per heavy atom. The Hall–Kier alpha value is -2.91. The number of sulfonamides is 1. The highest BCUT2D eigenvalue weighted by atomic mass is 32.2. The molecule has 1 N–H and O–H groups in total. The molecule has 4 aliphatic heterocycles. The van der Waals surface area contributed by atoms with E-state index < -0.39 is 15.8 Å². The Kier molecular flexibility index (Phi) is 9.81. The SMILES string of the molecule is CCS(=O)(=O)N[C@@H]1CC[C@@H](CN2CCC3(CC2)CN(c2ncncc2Oc2ccc(F)cc2C(=O)N2[C@H](C)COC[C@@H]2C)C3)OC1. The van der Waals surface area contributed by atoms with Gasteiger partial charge in [0.05, 0.1) is 55.5 Å². The number of amides is 1. The molecule has 5 heterocycles. The summed E-state index contributed by atoms with van der Waals surface area (Å²) < 4.78 is 58.8. The molecule has 46 heavy (non-hydrogen) atoms. The Morgan fingerprint density at radius 3 is 2.52 bits per heavy atom. The van der Waals surface area contributed by atoms with Gasteiger partial charge in [0.1, 0.15) is 17.9 Å². The van der Waals surface area contributed by atoms with E-state index >= 15 is 0 Å². The zero-order valence-electron chi connectivity index (χ0n) is 26.9. The lowest BCUT2D eigenvalue weighted by Gasteiger charge is -2.54. The van der Waals surface area contributed by atoms with Crippen LogP contribution >= 0.6 is 0 Å². The van der Waals surface area contributed by atoms with Crippen LogP contribution in [0.4, 0.5) is 10.2 Å². The van der Waals surface area contributed by atoms with E-state index in [1.165, 1.54) is 24.5 Å². The monoisotopic (exact) mass is 660 g/mol. The molecule has 1 aromatic carbocycles. The molecule has 0 unspecified atom stereocenters. The van der Waals surface area contributed by atoms with Gasteiger partial charge in [-0.05, 0) is 77.7 Å². The van der Waals surface area contributed by atoms with Crippen molar-refractivity contribution >= 4 is 21.7 Å². The molecule has 14 heteroatoms. The average Bonchev–Trinajstić information content (AvgIpc) is 3.02. The first-order valence-electron chi connectivity index (χ1n) is 16.3. The molecule has 4 atom stereocenters. The van der Waals surface area contributed by atoms with Crippen LogP contribution < -0.4 is 14.4 Å². The Labute approximate surface area is 270 Å². The van der Waals surface area contributed by atoms with Gasteiger partial charge in [-0.15, -0.1) is 0 Å². The normalized spacial score (nSPS) is 27.0. The number of piperidine rings is 1. The van der Waals surface area contributed by atoms with Crippen LogP contribution in [0.1, 0.15) is 56.8 Å². The fourth-order valence-corrected chi connectivity index (χ4v) is 8.01. The van der Waals surface area contributed by atoms with Crippen LogP contribution in [0.3, 0.4) is 0 Å². The third-order valence-corrected chi connectivity index (χ3v) is 11.2. The third-order valence-electron chi connectivity index (χ3n) is 9.78. The summed E-state index contributed by atoms with van der Waals surface area (Å²) in [5, 5.41) is 0. The zero-order chi connectivity index (χ0) is 32.5. The largest absolute Gasteiger partial charge is 0.451 e. The highest BCUT2D eigenvalue weighted by Gasteiger charge is 2.46. The Morgan fingerprint density at radius 1 is 1.11 bits per heavy atom. The quantitative estimate of drug-likeness (QED) is 0.429. The number of hydrogen-bond donors (Lipinski definition) is 1. The first-order chi connectivity index (χ1) is 22.0. The highest BCUT2D eigenvalue weighted by molar-refractivity contribution is 7.89. The van der Waals surface area contributed by atoms with Crippen molar-refractivity contribution in [2.24, 2.45) is 5.41 Å². The summed E-state index contributed by atoms with van der Waals surface area (Å²) in [6, 6.07) is 3.56. The number of halogens is 1. The summed E-state index contributed by atoms with van der Waals surface area (Å²) in [5.74, 6) is 0.607. The lowest BCUT2D eigenvalue weighted by atomic mass is 9.72. The van der Waals surface area contributed by atoms with Crippen LogP contribution in [0.2, 0.25) is 0 Å². The van der Waals surface area contributed by atoms with Crippen molar-refractivity contribution in [3.05, 3.63) is 42.1 Å². The topological polar surface area (TPSA) is 126 Å². The lowest BCUT2D eigenvalue weighted by molar-refractivity contribution is -0.0299. The first-order valence-corrected chi connectivity index (χ1v) is 18.0. The molecule has 0 bridgehead atoms. The number of morpholine rings is 1. The van der Waals surface area contributed by atoms with Gasteiger partial charge >= 0.3 is 0 Å². The third kappa shape index (κ3) is 7.30. The first kappa shape index (κ1) is 33.0. The van der Waals surface area contributed by atoms with Crippen LogP contribution in [0.5, 0.6) is 11.5 Å². The number of benzene rings is 1. The Bertz CT molecular complexity index is 1480.